The quantitative estimate of drug-likeness (QED) is 0.819. The predicted molar refractivity (Wildman–Crippen MR) is 80.8 cm³/mol. The summed E-state index contributed by atoms with van der Waals surface area (Å²) in [6.07, 6.45) is 3.71. The normalized spacial score (nSPS) is 14.8. The molecule has 0 unspecified atom stereocenters. The summed E-state index contributed by atoms with van der Waals surface area (Å²) in [6, 6.07) is 2.79. The molecule has 19 heavy (non-hydrogen) atoms. The molecule has 2 rings (SSSR count). The van der Waals surface area contributed by atoms with Crippen LogP contribution in [0.1, 0.15) is 45.9 Å². The molecule has 1 aromatic rings. The largest absolute Gasteiger partial charge is 0.370 e. The van der Waals surface area contributed by atoms with Crippen molar-refractivity contribution in [1.82, 2.24) is 9.97 Å². The first-order valence-electron chi connectivity index (χ1n) is 7.46. The van der Waals surface area contributed by atoms with Gasteiger partial charge in [-0.15, -0.1) is 0 Å². The van der Waals surface area contributed by atoms with Gasteiger partial charge in [-0.2, -0.15) is 0 Å². The van der Waals surface area contributed by atoms with Crippen LogP contribution in [0.4, 0.5) is 11.6 Å². The lowest BCUT2D eigenvalue weighted by Gasteiger charge is -2.26. The molecule has 0 saturated heterocycles. The molecule has 0 amide bonds. The van der Waals surface area contributed by atoms with E-state index in [1.807, 2.05) is 6.92 Å². The van der Waals surface area contributed by atoms with Crippen LogP contribution in [0.25, 0.3) is 0 Å². The standard InChI is InChI=1S/C15H26N4/c1-5-8-16-14-9-15(18-12(4)17-14)19(10-11(2)3)13-6-7-13/h9,11,13H,5-8,10H2,1-4H3,(H,16,17,18). The third kappa shape index (κ3) is 4.08. The van der Waals surface area contributed by atoms with Crippen LogP contribution < -0.4 is 10.2 Å². The zero-order valence-corrected chi connectivity index (χ0v) is 12.6. The molecule has 0 bridgehead atoms. The summed E-state index contributed by atoms with van der Waals surface area (Å²) in [6.45, 7) is 10.7. The molecule has 4 nitrogen and oxygen atoms in total. The summed E-state index contributed by atoms with van der Waals surface area (Å²) in [5.41, 5.74) is 0. The molecule has 0 spiro atoms. The van der Waals surface area contributed by atoms with E-state index in [0.29, 0.717) is 12.0 Å². The van der Waals surface area contributed by atoms with E-state index in [-0.39, 0.29) is 0 Å². The molecule has 1 fully saturated rings. The van der Waals surface area contributed by atoms with Crippen LogP contribution in [0.5, 0.6) is 0 Å². The topological polar surface area (TPSA) is 41.0 Å². The van der Waals surface area contributed by atoms with Crippen molar-refractivity contribution in [2.75, 3.05) is 23.3 Å². The van der Waals surface area contributed by atoms with Crippen LogP contribution in [-0.2, 0) is 0 Å². The van der Waals surface area contributed by atoms with Crippen molar-refractivity contribution < 1.29 is 0 Å². The summed E-state index contributed by atoms with van der Waals surface area (Å²) >= 11 is 0. The Hall–Kier alpha value is -1.32. The third-order valence-electron chi connectivity index (χ3n) is 3.22. The average molecular weight is 262 g/mol. The highest BCUT2D eigenvalue weighted by atomic mass is 15.2. The highest BCUT2D eigenvalue weighted by Gasteiger charge is 2.30. The van der Waals surface area contributed by atoms with Gasteiger partial charge in [0.05, 0.1) is 0 Å². The molecule has 1 N–H and O–H groups in total. The Kier molecular flexibility index (Phi) is 4.61. The summed E-state index contributed by atoms with van der Waals surface area (Å²) < 4.78 is 0. The van der Waals surface area contributed by atoms with Gasteiger partial charge in [0.25, 0.3) is 0 Å². The first-order chi connectivity index (χ1) is 9.10. The number of nitrogens with one attached hydrogen (secondary N) is 1. The number of aromatic nitrogens is 2. The predicted octanol–water partition coefficient (Wildman–Crippen LogP) is 3.23. The maximum Gasteiger partial charge on any atom is 0.134 e. The van der Waals surface area contributed by atoms with E-state index in [1.165, 1.54) is 12.8 Å². The van der Waals surface area contributed by atoms with E-state index in [0.717, 1.165) is 37.0 Å². The van der Waals surface area contributed by atoms with Gasteiger partial charge < -0.3 is 10.2 Å². The van der Waals surface area contributed by atoms with Gasteiger partial charge in [0.2, 0.25) is 0 Å². The lowest BCUT2D eigenvalue weighted by atomic mass is 10.2. The fourth-order valence-electron chi connectivity index (χ4n) is 2.25. The van der Waals surface area contributed by atoms with Crippen molar-refractivity contribution in [2.45, 2.75) is 53.0 Å². The maximum absolute atomic E-state index is 4.63. The lowest BCUT2D eigenvalue weighted by molar-refractivity contribution is 0.601. The smallest absolute Gasteiger partial charge is 0.134 e. The molecule has 1 aliphatic rings. The molecule has 1 heterocycles. The fraction of sp³-hybridized carbons (Fsp3) is 0.733. The molecule has 0 aromatic carbocycles. The van der Waals surface area contributed by atoms with E-state index in [1.54, 1.807) is 0 Å². The lowest BCUT2D eigenvalue weighted by Crippen LogP contribution is -2.31. The molecular weight excluding hydrogens is 236 g/mol. The van der Waals surface area contributed by atoms with Crippen LogP contribution in [0, 0.1) is 12.8 Å². The minimum atomic E-state index is 0.655. The van der Waals surface area contributed by atoms with Gasteiger partial charge in [-0.05, 0) is 32.1 Å². The van der Waals surface area contributed by atoms with E-state index >= 15 is 0 Å². The van der Waals surface area contributed by atoms with Crippen LogP contribution in [0.3, 0.4) is 0 Å². The Labute approximate surface area is 116 Å². The molecule has 0 radical (unpaired) electrons. The molecule has 0 atom stereocenters. The molecule has 4 heteroatoms. The molecule has 0 aliphatic heterocycles. The number of rotatable bonds is 7. The maximum atomic E-state index is 4.63. The van der Waals surface area contributed by atoms with Crippen molar-refractivity contribution in [3.05, 3.63) is 11.9 Å². The van der Waals surface area contributed by atoms with Crippen LogP contribution in [0.15, 0.2) is 6.07 Å². The van der Waals surface area contributed by atoms with E-state index in [4.69, 9.17) is 0 Å². The summed E-state index contributed by atoms with van der Waals surface area (Å²) in [5, 5.41) is 3.37. The molecule has 1 aliphatic carbocycles. The number of anilines is 2. The molecule has 106 valence electrons. The van der Waals surface area contributed by atoms with Gasteiger partial charge >= 0.3 is 0 Å². The van der Waals surface area contributed by atoms with Crippen molar-refractivity contribution in [1.29, 1.82) is 0 Å². The summed E-state index contributed by atoms with van der Waals surface area (Å²) in [4.78, 5) is 11.5. The zero-order chi connectivity index (χ0) is 13.8. The first-order valence-corrected chi connectivity index (χ1v) is 7.46. The van der Waals surface area contributed by atoms with Gasteiger partial charge in [0.1, 0.15) is 17.5 Å². The number of aryl methyl sites for hydroxylation is 1. The highest BCUT2D eigenvalue weighted by molar-refractivity contribution is 5.51. The first kappa shape index (κ1) is 14.1. The van der Waals surface area contributed by atoms with E-state index in [2.05, 4.69) is 47.0 Å². The minimum absolute atomic E-state index is 0.655. The third-order valence-corrected chi connectivity index (χ3v) is 3.22. The molecule has 1 aromatic heterocycles. The molecule has 1 saturated carbocycles. The second-order valence-corrected chi connectivity index (χ2v) is 5.86. The van der Waals surface area contributed by atoms with Crippen molar-refractivity contribution in [3.63, 3.8) is 0 Å². The van der Waals surface area contributed by atoms with Gasteiger partial charge in [0, 0.05) is 25.2 Å². The van der Waals surface area contributed by atoms with E-state index < -0.39 is 0 Å². The van der Waals surface area contributed by atoms with Crippen molar-refractivity contribution in [2.24, 2.45) is 5.92 Å². The zero-order valence-electron chi connectivity index (χ0n) is 12.6. The Bertz CT molecular complexity index is 413. The Morgan fingerprint density at radius 3 is 2.68 bits per heavy atom. The minimum Gasteiger partial charge on any atom is -0.370 e. The van der Waals surface area contributed by atoms with Crippen molar-refractivity contribution >= 4 is 11.6 Å². The second kappa shape index (κ2) is 6.22. The van der Waals surface area contributed by atoms with Crippen LogP contribution in [0.2, 0.25) is 0 Å². The fourth-order valence-corrected chi connectivity index (χ4v) is 2.25. The SMILES string of the molecule is CCCNc1cc(N(CC(C)C)C2CC2)nc(C)n1. The van der Waals surface area contributed by atoms with Gasteiger partial charge in [-0.1, -0.05) is 20.8 Å². The van der Waals surface area contributed by atoms with Gasteiger partial charge in [-0.3, -0.25) is 0 Å². The average Bonchev–Trinajstić information content (AvgIpc) is 3.16. The molecular formula is C15H26N4. The van der Waals surface area contributed by atoms with Gasteiger partial charge in [0.15, 0.2) is 0 Å². The highest BCUT2D eigenvalue weighted by Crippen LogP contribution is 2.32. The number of hydrogen-bond donors (Lipinski definition) is 1. The second-order valence-electron chi connectivity index (χ2n) is 5.86. The van der Waals surface area contributed by atoms with Gasteiger partial charge in [-0.25, -0.2) is 9.97 Å². The Morgan fingerprint density at radius 1 is 1.37 bits per heavy atom. The Balaban J connectivity index is 2.18. The van der Waals surface area contributed by atoms with Crippen molar-refractivity contribution in [3.8, 4) is 0 Å². The number of nitrogens with zero attached hydrogens (tertiary/aromatic N) is 3. The van der Waals surface area contributed by atoms with E-state index in [9.17, 15) is 0 Å². The summed E-state index contributed by atoms with van der Waals surface area (Å²) in [7, 11) is 0. The monoisotopic (exact) mass is 262 g/mol. The summed E-state index contributed by atoms with van der Waals surface area (Å²) in [5.74, 6) is 3.55. The number of hydrogen-bond acceptors (Lipinski definition) is 4. The van der Waals surface area contributed by atoms with Crippen LogP contribution in [-0.4, -0.2) is 29.1 Å². The Morgan fingerprint density at radius 2 is 2.11 bits per heavy atom. The van der Waals surface area contributed by atoms with Crippen LogP contribution >= 0.6 is 0 Å².